The van der Waals surface area contributed by atoms with Crippen molar-refractivity contribution in [2.24, 2.45) is 0 Å². The van der Waals surface area contributed by atoms with Gasteiger partial charge in [-0.15, -0.1) is 0 Å². The average Bonchev–Trinajstić information content (AvgIpc) is 3.01. The fourth-order valence-electron chi connectivity index (χ4n) is 3.09. The molecule has 1 saturated heterocycles. The van der Waals surface area contributed by atoms with E-state index >= 15 is 0 Å². The van der Waals surface area contributed by atoms with Crippen molar-refractivity contribution in [3.63, 3.8) is 0 Å². The van der Waals surface area contributed by atoms with Crippen LogP contribution < -0.4 is 14.2 Å². The van der Waals surface area contributed by atoms with Crippen molar-refractivity contribution < 1.29 is 23.8 Å². The summed E-state index contributed by atoms with van der Waals surface area (Å²) in [6, 6.07) is 13.4. The molecule has 0 radical (unpaired) electrons. The minimum atomic E-state index is -0.287. The van der Waals surface area contributed by atoms with Crippen LogP contribution in [0.15, 0.2) is 47.4 Å². The molecule has 1 fully saturated rings. The quantitative estimate of drug-likeness (QED) is 0.599. The van der Waals surface area contributed by atoms with Gasteiger partial charge in [0.1, 0.15) is 5.75 Å². The third kappa shape index (κ3) is 4.74. The van der Waals surface area contributed by atoms with Gasteiger partial charge in [-0.05, 0) is 42.3 Å². The van der Waals surface area contributed by atoms with Crippen molar-refractivity contribution in [3.8, 4) is 17.2 Å². The van der Waals surface area contributed by atoms with Crippen molar-refractivity contribution in [2.45, 2.75) is 12.8 Å². The molecule has 1 heterocycles. The first-order valence-corrected chi connectivity index (χ1v) is 9.98. The zero-order chi connectivity index (χ0) is 20.8. The van der Waals surface area contributed by atoms with E-state index in [0.717, 1.165) is 24.6 Å². The second-order valence-electron chi connectivity index (χ2n) is 6.37. The van der Waals surface area contributed by atoms with Gasteiger partial charge in [-0.1, -0.05) is 30.3 Å². The molecule has 29 heavy (non-hydrogen) atoms. The second kappa shape index (κ2) is 9.52. The van der Waals surface area contributed by atoms with Crippen LogP contribution in [-0.2, 0) is 11.2 Å². The largest absolute Gasteiger partial charge is 0.496 e. The molecular formula is C22H23NO5S. The van der Waals surface area contributed by atoms with E-state index in [4.69, 9.17) is 14.2 Å². The number of carbonyl (C=O) groups excluding carboxylic acids is 2. The molecule has 7 heteroatoms. The molecule has 1 aliphatic heterocycles. The Balaban J connectivity index is 1.75. The highest BCUT2D eigenvalue weighted by Crippen LogP contribution is 2.38. The van der Waals surface area contributed by atoms with E-state index in [1.54, 1.807) is 18.2 Å². The standard InChI is InChI=1S/C22H23NO5S/c1-26-17-14-19(28-3)18(27-2)12-16(17)13-20-21(24)23(22(25)29-20)11-7-10-15-8-5-4-6-9-15/h4-6,8-9,12-14H,7,10-11H2,1-3H3/b20-13+. The number of aryl methyl sites for hydroxylation is 1. The van der Waals surface area contributed by atoms with Crippen LogP contribution in [0.25, 0.3) is 6.08 Å². The molecule has 0 spiro atoms. The van der Waals surface area contributed by atoms with Gasteiger partial charge in [0, 0.05) is 18.2 Å². The minimum absolute atomic E-state index is 0.256. The maximum atomic E-state index is 12.8. The minimum Gasteiger partial charge on any atom is -0.496 e. The highest BCUT2D eigenvalue weighted by Gasteiger charge is 2.34. The highest BCUT2D eigenvalue weighted by atomic mass is 32.2. The Kier molecular flexibility index (Phi) is 6.82. The van der Waals surface area contributed by atoms with Gasteiger partial charge in [0.25, 0.3) is 11.1 Å². The maximum Gasteiger partial charge on any atom is 0.293 e. The van der Waals surface area contributed by atoms with E-state index in [9.17, 15) is 9.59 Å². The Morgan fingerprint density at radius 3 is 2.24 bits per heavy atom. The molecule has 0 aliphatic carbocycles. The van der Waals surface area contributed by atoms with Crippen LogP contribution in [0, 0.1) is 0 Å². The van der Waals surface area contributed by atoms with Crippen molar-refractivity contribution in [1.29, 1.82) is 0 Å². The summed E-state index contributed by atoms with van der Waals surface area (Å²) in [5.41, 5.74) is 1.82. The van der Waals surface area contributed by atoms with Crippen LogP contribution in [0.4, 0.5) is 4.79 Å². The van der Waals surface area contributed by atoms with E-state index in [0.29, 0.717) is 34.3 Å². The van der Waals surface area contributed by atoms with Crippen molar-refractivity contribution in [2.75, 3.05) is 27.9 Å². The lowest BCUT2D eigenvalue weighted by molar-refractivity contribution is -0.122. The Labute approximate surface area is 174 Å². The summed E-state index contributed by atoms with van der Waals surface area (Å²) in [4.78, 5) is 26.8. The molecule has 0 unspecified atom stereocenters. The molecule has 0 atom stereocenters. The number of benzene rings is 2. The van der Waals surface area contributed by atoms with Gasteiger partial charge in [-0.25, -0.2) is 0 Å². The van der Waals surface area contributed by atoms with Gasteiger partial charge in [0.15, 0.2) is 11.5 Å². The molecule has 0 N–H and O–H groups in total. The lowest BCUT2D eigenvalue weighted by Gasteiger charge is -2.13. The average molecular weight is 413 g/mol. The summed E-state index contributed by atoms with van der Waals surface area (Å²) in [7, 11) is 4.61. The second-order valence-corrected chi connectivity index (χ2v) is 7.36. The molecule has 0 saturated carbocycles. The molecule has 1 aliphatic rings. The molecule has 2 aromatic rings. The molecule has 6 nitrogen and oxygen atoms in total. The zero-order valence-electron chi connectivity index (χ0n) is 16.6. The van der Waals surface area contributed by atoms with Crippen molar-refractivity contribution in [1.82, 2.24) is 4.90 Å². The lowest BCUT2D eigenvalue weighted by Crippen LogP contribution is -2.29. The number of amides is 2. The number of methoxy groups -OCH3 is 3. The summed E-state index contributed by atoms with van der Waals surface area (Å²) < 4.78 is 16.0. The summed E-state index contributed by atoms with van der Waals surface area (Å²) >= 11 is 0.936. The first-order chi connectivity index (χ1) is 14.1. The van der Waals surface area contributed by atoms with Crippen LogP contribution in [0.3, 0.4) is 0 Å². The Hall–Kier alpha value is -2.93. The van der Waals surface area contributed by atoms with Crippen molar-refractivity contribution in [3.05, 3.63) is 58.5 Å². The molecule has 152 valence electrons. The Morgan fingerprint density at radius 2 is 1.59 bits per heavy atom. The molecule has 0 aromatic heterocycles. The fraction of sp³-hybridized carbons (Fsp3) is 0.273. The molecule has 0 bridgehead atoms. The fourth-order valence-corrected chi connectivity index (χ4v) is 3.94. The first-order valence-electron chi connectivity index (χ1n) is 9.16. The SMILES string of the molecule is COc1cc(OC)c(OC)cc1/C=C1/SC(=O)N(CCCc2ccccc2)C1=O. The van der Waals surface area contributed by atoms with Crippen LogP contribution in [0.5, 0.6) is 17.2 Å². The predicted octanol–water partition coefficient (Wildman–Crippen LogP) is 4.38. The van der Waals surface area contributed by atoms with Crippen molar-refractivity contribution >= 4 is 29.0 Å². The topological polar surface area (TPSA) is 65.1 Å². The molecule has 3 rings (SSSR count). The lowest BCUT2D eigenvalue weighted by atomic mass is 10.1. The number of rotatable bonds is 8. The van der Waals surface area contributed by atoms with Crippen LogP contribution in [0.2, 0.25) is 0 Å². The van der Waals surface area contributed by atoms with Gasteiger partial charge < -0.3 is 14.2 Å². The normalized spacial score (nSPS) is 15.1. The number of hydrogen-bond acceptors (Lipinski definition) is 6. The van der Waals surface area contributed by atoms with E-state index in [1.165, 1.54) is 31.8 Å². The first kappa shape index (κ1) is 20.8. The molecule has 2 amide bonds. The third-order valence-electron chi connectivity index (χ3n) is 4.59. The van der Waals surface area contributed by atoms with E-state index < -0.39 is 0 Å². The van der Waals surface area contributed by atoms with Gasteiger partial charge in [0.2, 0.25) is 0 Å². The smallest absolute Gasteiger partial charge is 0.293 e. The predicted molar refractivity (Wildman–Crippen MR) is 114 cm³/mol. The van der Waals surface area contributed by atoms with E-state index in [-0.39, 0.29) is 11.1 Å². The summed E-state index contributed by atoms with van der Waals surface area (Å²) in [5, 5.41) is -0.256. The Morgan fingerprint density at radius 1 is 0.931 bits per heavy atom. The zero-order valence-corrected chi connectivity index (χ0v) is 17.5. The monoisotopic (exact) mass is 413 g/mol. The number of thioether (sulfide) groups is 1. The van der Waals surface area contributed by atoms with E-state index in [1.807, 2.05) is 30.3 Å². The Bertz CT molecular complexity index is 926. The molecular weight excluding hydrogens is 390 g/mol. The number of ether oxygens (including phenoxy) is 3. The van der Waals surface area contributed by atoms with Gasteiger partial charge in [0.05, 0.1) is 26.2 Å². The summed E-state index contributed by atoms with van der Waals surface area (Å²) in [5.74, 6) is 1.28. The van der Waals surface area contributed by atoms with Crippen LogP contribution in [0.1, 0.15) is 17.5 Å². The van der Waals surface area contributed by atoms with Gasteiger partial charge >= 0.3 is 0 Å². The number of nitrogens with zero attached hydrogens (tertiary/aromatic N) is 1. The number of imide groups is 1. The van der Waals surface area contributed by atoms with Gasteiger partial charge in [-0.3, -0.25) is 14.5 Å². The van der Waals surface area contributed by atoms with Crippen LogP contribution >= 0.6 is 11.8 Å². The number of carbonyl (C=O) groups is 2. The summed E-state index contributed by atoms with van der Waals surface area (Å²) in [6.07, 6.45) is 3.18. The third-order valence-corrected chi connectivity index (χ3v) is 5.49. The van der Waals surface area contributed by atoms with Crippen LogP contribution in [-0.4, -0.2) is 43.9 Å². The van der Waals surface area contributed by atoms with Gasteiger partial charge in [-0.2, -0.15) is 0 Å². The molecule has 2 aromatic carbocycles. The highest BCUT2D eigenvalue weighted by molar-refractivity contribution is 8.18. The van der Waals surface area contributed by atoms with E-state index in [2.05, 4.69) is 0 Å². The maximum absolute atomic E-state index is 12.8. The summed E-state index contributed by atoms with van der Waals surface area (Å²) in [6.45, 7) is 0.389. The number of hydrogen-bond donors (Lipinski definition) is 0.